The van der Waals surface area contributed by atoms with Crippen molar-refractivity contribution in [2.45, 2.75) is 180 Å². The minimum Gasteiger partial charge on any atom is -0.394 e. The van der Waals surface area contributed by atoms with Crippen LogP contribution in [0, 0.1) is 0 Å². The first-order valence-corrected chi connectivity index (χ1v) is 18.6. The molecular weight excluding hydrogens is 536 g/mol. The van der Waals surface area contributed by atoms with E-state index in [2.05, 4.69) is 38.2 Å². The molecule has 5 heteroatoms. The standard InChI is InChI=1S/C38H74O5/c1-3-5-7-9-11-13-15-17-19-21-23-25-27-29-31-41-35-37(33-39)43-38(34-40)36-42-32-30-28-26-24-22-20-18-16-14-12-10-8-6-4-2/h13-16,37-40H,3-12,17-36H2,1-2H3. The van der Waals surface area contributed by atoms with Gasteiger partial charge in [-0.2, -0.15) is 0 Å². The summed E-state index contributed by atoms with van der Waals surface area (Å²) < 4.78 is 17.3. The Morgan fingerprint density at radius 3 is 1.05 bits per heavy atom. The fraction of sp³-hybridized carbons (Fsp3) is 0.895. The molecule has 2 atom stereocenters. The van der Waals surface area contributed by atoms with E-state index in [0.717, 1.165) is 12.8 Å². The molecule has 0 amide bonds. The molecule has 2 unspecified atom stereocenters. The van der Waals surface area contributed by atoms with Crippen molar-refractivity contribution in [3.05, 3.63) is 24.3 Å². The summed E-state index contributed by atoms with van der Waals surface area (Å²) in [4.78, 5) is 0. The number of aliphatic hydroxyl groups is 2. The van der Waals surface area contributed by atoms with Crippen LogP contribution in [-0.4, -0.2) is 62.1 Å². The van der Waals surface area contributed by atoms with Crippen molar-refractivity contribution in [1.29, 1.82) is 0 Å². The normalized spacial score (nSPS) is 13.5. The number of ether oxygens (including phenoxy) is 3. The lowest BCUT2D eigenvalue weighted by Crippen LogP contribution is -2.34. The molecule has 0 aliphatic rings. The van der Waals surface area contributed by atoms with Gasteiger partial charge in [-0.25, -0.2) is 0 Å². The minimum absolute atomic E-state index is 0.113. The molecule has 0 aliphatic heterocycles. The van der Waals surface area contributed by atoms with Crippen molar-refractivity contribution in [3.8, 4) is 0 Å². The van der Waals surface area contributed by atoms with Crippen LogP contribution in [-0.2, 0) is 14.2 Å². The zero-order valence-electron chi connectivity index (χ0n) is 28.8. The van der Waals surface area contributed by atoms with Gasteiger partial charge in [-0.1, -0.05) is 128 Å². The number of hydrogen-bond donors (Lipinski definition) is 2. The molecule has 5 nitrogen and oxygen atoms in total. The second-order valence-electron chi connectivity index (χ2n) is 12.4. The van der Waals surface area contributed by atoms with Crippen molar-refractivity contribution in [2.75, 3.05) is 39.6 Å². The maximum Gasteiger partial charge on any atom is 0.104 e. The minimum atomic E-state index is -0.420. The second-order valence-corrected chi connectivity index (χ2v) is 12.4. The number of allylic oxidation sites excluding steroid dienone is 4. The average Bonchev–Trinajstić information content (AvgIpc) is 3.02. The van der Waals surface area contributed by atoms with Gasteiger partial charge in [0.2, 0.25) is 0 Å². The van der Waals surface area contributed by atoms with Crippen LogP contribution in [0.15, 0.2) is 24.3 Å². The van der Waals surface area contributed by atoms with Crippen LogP contribution < -0.4 is 0 Å². The fourth-order valence-electron chi connectivity index (χ4n) is 5.17. The number of aliphatic hydroxyl groups excluding tert-OH is 2. The van der Waals surface area contributed by atoms with E-state index in [-0.39, 0.29) is 13.2 Å². The molecular formula is C38H74O5. The Balaban J connectivity index is 3.55. The summed E-state index contributed by atoms with van der Waals surface area (Å²) >= 11 is 0. The molecule has 0 saturated carbocycles. The molecule has 0 heterocycles. The van der Waals surface area contributed by atoms with Crippen LogP contribution in [0.4, 0.5) is 0 Å². The highest BCUT2D eigenvalue weighted by Crippen LogP contribution is 2.11. The average molecular weight is 611 g/mol. The largest absolute Gasteiger partial charge is 0.394 e. The van der Waals surface area contributed by atoms with Crippen LogP contribution >= 0.6 is 0 Å². The van der Waals surface area contributed by atoms with Crippen molar-refractivity contribution < 1.29 is 24.4 Å². The van der Waals surface area contributed by atoms with Gasteiger partial charge >= 0.3 is 0 Å². The number of rotatable bonds is 36. The van der Waals surface area contributed by atoms with E-state index < -0.39 is 12.2 Å². The Hall–Kier alpha value is -0.720. The summed E-state index contributed by atoms with van der Waals surface area (Å²) in [6.07, 6.45) is 39.1. The van der Waals surface area contributed by atoms with Crippen molar-refractivity contribution in [1.82, 2.24) is 0 Å². The Labute approximate surface area is 268 Å². The second kappa shape index (κ2) is 37.5. The summed E-state index contributed by atoms with van der Waals surface area (Å²) in [7, 11) is 0. The third-order valence-electron chi connectivity index (χ3n) is 8.00. The molecule has 0 aromatic carbocycles. The molecule has 0 fully saturated rings. The first kappa shape index (κ1) is 42.3. The monoisotopic (exact) mass is 611 g/mol. The predicted octanol–water partition coefficient (Wildman–Crippen LogP) is 10.3. The lowest BCUT2D eigenvalue weighted by Gasteiger charge is -2.22. The molecule has 0 rings (SSSR count). The van der Waals surface area contributed by atoms with Gasteiger partial charge < -0.3 is 24.4 Å². The quantitative estimate of drug-likeness (QED) is 0.0546. The van der Waals surface area contributed by atoms with Crippen molar-refractivity contribution >= 4 is 0 Å². The lowest BCUT2D eigenvalue weighted by molar-refractivity contribution is -0.115. The Kier molecular flexibility index (Phi) is 36.8. The maximum absolute atomic E-state index is 9.67. The van der Waals surface area contributed by atoms with E-state index >= 15 is 0 Å². The first-order valence-electron chi connectivity index (χ1n) is 18.6. The van der Waals surface area contributed by atoms with Crippen molar-refractivity contribution in [2.24, 2.45) is 0 Å². The molecule has 0 bridgehead atoms. The van der Waals surface area contributed by atoms with E-state index in [4.69, 9.17) is 14.2 Å². The summed E-state index contributed by atoms with van der Waals surface area (Å²) in [5.41, 5.74) is 0. The van der Waals surface area contributed by atoms with Gasteiger partial charge in [0.05, 0.1) is 26.4 Å². The zero-order valence-corrected chi connectivity index (χ0v) is 28.8. The first-order chi connectivity index (χ1) is 21.3. The van der Waals surface area contributed by atoms with E-state index in [0.29, 0.717) is 26.4 Å². The van der Waals surface area contributed by atoms with Crippen LogP contribution in [0.25, 0.3) is 0 Å². The zero-order chi connectivity index (χ0) is 31.3. The van der Waals surface area contributed by atoms with Gasteiger partial charge in [-0.05, 0) is 64.2 Å². The van der Waals surface area contributed by atoms with Crippen molar-refractivity contribution in [3.63, 3.8) is 0 Å². The third kappa shape index (κ3) is 34.0. The van der Waals surface area contributed by atoms with Gasteiger partial charge in [0.15, 0.2) is 0 Å². The van der Waals surface area contributed by atoms with E-state index in [1.54, 1.807) is 0 Å². The smallest absolute Gasteiger partial charge is 0.104 e. The summed E-state index contributed by atoms with van der Waals surface area (Å²) in [5, 5.41) is 19.3. The number of unbranched alkanes of at least 4 members (excludes halogenated alkanes) is 20. The highest BCUT2D eigenvalue weighted by molar-refractivity contribution is 4.82. The summed E-state index contributed by atoms with van der Waals surface area (Å²) in [6, 6.07) is 0. The van der Waals surface area contributed by atoms with Crippen LogP contribution in [0.1, 0.15) is 168 Å². The molecule has 0 saturated heterocycles. The topological polar surface area (TPSA) is 68.2 Å². The summed E-state index contributed by atoms with van der Waals surface area (Å²) in [6.45, 7) is 6.39. The van der Waals surface area contributed by atoms with E-state index in [1.807, 2.05) is 0 Å². The molecule has 0 aliphatic carbocycles. The van der Waals surface area contributed by atoms with Gasteiger partial charge in [-0.3, -0.25) is 0 Å². The summed E-state index contributed by atoms with van der Waals surface area (Å²) in [5.74, 6) is 0. The molecule has 0 aromatic heterocycles. The fourth-order valence-corrected chi connectivity index (χ4v) is 5.17. The molecule has 256 valence electrons. The molecule has 0 spiro atoms. The van der Waals surface area contributed by atoms with Crippen LogP contribution in [0.2, 0.25) is 0 Å². The lowest BCUT2D eigenvalue weighted by atomic mass is 10.1. The SMILES string of the molecule is CCCCCCC=CCCCCCCCCOCC(CO)OC(CO)COCCCCCCCCC=CCCCCCC. The maximum atomic E-state index is 9.67. The van der Waals surface area contributed by atoms with Gasteiger partial charge in [0.1, 0.15) is 12.2 Å². The number of hydrogen-bond acceptors (Lipinski definition) is 5. The van der Waals surface area contributed by atoms with Gasteiger partial charge in [0, 0.05) is 13.2 Å². The van der Waals surface area contributed by atoms with Gasteiger partial charge in [-0.15, -0.1) is 0 Å². The van der Waals surface area contributed by atoms with Crippen LogP contribution in [0.5, 0.6) is 0 Å². The Bertz CT molecular complexity index is 517. The molecule has 0 aromatic rings. The molecule has 43 heavy (non-hydrogen) atoms. The Morgan fingerprint density at radius 1 is 0.419 bits per heavy atom. The highest BCUT2D eigenvalue weighted by atomic mass is 16.6. The highest BCUT2D eigenvalue weighted by Gasteiger charge is 2.16. The third-order valence-corrected chi connectivity index (χ3v) is 8.00. The van der Waals surface area contributed by atoms with E-state index in [1.165, 1.54) is 141 Å². The predicted molar refractivity (Wildman–Crippen MR) is 185 cm³/mol. The van der Waals surface area contributed by atoms with Gasteiger partial charge in [0.25, 0.3) is 0 Å². The van der Waals surface area contributed by atoms with Crippen LogP contribution in [0.3, 0.4) is 0 Å². The molecule has 2 N–H and O–H groups in total. The Morgan fingerprint density at radius 2 is 0.721 bits per heavy atom. The molecule has 0 radical (unpaired) electrons. The van der Waals surface area contributed by atoms with E-state index in [9.17, 15) is 10.2 Å².